The molecule has 2 aromatic heterocycles. The molecular formula is C25H22F6N4O4. The molecule has 1 aromatic carbocycles. The summed E-state index contributed by atoms with van der Waals surface area (Å²) in [5.74, 6) is -2.10. The summed E-state index contributed by atoms with van der Waals surface area (Å²) in [7, 11) is 0. The standard InChI is InChI=1S/C23H21F3N4O2.C2HF3O2/c24-23(25,26)15-4-5-16(28-8-15)10-30(9-13-1-2-13)22(31)14-3-6-20-17(7-14)18-11-32-12-19(18)21(27)29-20;3-2(4,5)1(6)7/h3-8,13H,1-2,9-12H2,(H2,27,29);(H,6,7). The van der Waals surface area contributed by atoms with E-state index >= 15 is 0 Å². The van der Waals surface area contributed by atoms with E-state index in [4.69, 9.17) is 20.4 Å². The molecule has 3 aromatic rings. The van der Waals surface area contributed by atoms with E-state index in [1.54, 1.807) is 23.1 Å². The van der Waals surface area contributed by atoms with E-state index < -0.39 is 23.9 Å². The Morgan fingerprint density at radius 3 is 2.28 bits per heavy atom. The van der Waals surface area contributed by atoms with Gasteiger partial charge in [-0.2, -0.15) is 26.3 Å². The highest BCUT2D eigenvalue weighted by Gasteiger charge is 2.38. The molecule has 1 aliphatic carbocycles. The molecule has 39 heavy (non-hydrogen) atoms. The van der Waals surface area contributed by atoms with Crippen LogP contribution in [0.15, 0.2) is 36.5 Å². The molecule has 1 fully saturated rings. The van der Waals surface area contributed by atoms with Crippen LogP contribution in [0.25, 0.3) is 10.9 Å². The first-order valence-corrected chi connectivity index (χ1v) is 11.6. The van der Waals surface area contributed by atoms with Crippen molar-refractivity contribution in [2.45, 2.75) is 45.0 Å². The summed E-state index contributed by atoms with van der Waals surface area (Å²) in [5, 5.41) is 7.96. The summed E-state index contributed by atoms with van der Waals surface area (Å²) in [5.41, 5.74) is 8.62. The van der Waals surface area contributed by atoms with Crippen molar-refractivity contribution in [3.8, 4) is 0 Å². The van der Waals surface area contributed by atoms with Crippen LogP contribution in [-0.4, -0.2) is 44.6 Å². The van der Waals surface area contributed by atoms with Gasteiger partial charge in [-0.15, -0.1) is 0 Å². The zero-order valence-electron chi connectivity index (χ0n) is 20.1. The number of anilines is 1. The number of carboxylic acids is 1. The molecule has 1 aliphatic heterocycles. The number of benzene rings is 1. The fourth-order valence-corrected chi connectivity index (χ4v) is 4.00. The predicted molar refractivity (Wildman–Crippen MR) is 125 cm³/mol. The van der Waals surface area contributed by atoms with Gasteiger partial charge < -0.3 is 20.5 Å². The minimum atomic E-state index is -5.08. The van der Waals surface area contributed by atoms with E-state index in [0.717, 1.165) is 41.6 Å². The van der Waals surface area contributed by atoms with Crippen molar-refractivity contribution in [2.75, 3.05) is 12.3 Å². The molecule has 208 valence electrons. The Balaban J connectivity index is 0.000000448. The Morgan fingerprint density at radius 1 is 1.05 bits per heavy atom. The number of alkyl halides is 6. The van der Waals surface area contributed by atoms with Crippen LogP contribution in [0.1, 0.15) is 45.6 Å². The van der Waals surface area contributed by atoms with E-state index in [2.05, 4.69) is 9.97 Å². The molecule has 0 unspecified atom stereocenters. The van der Waals surface area contributed by atoms with Gasteiger partial charge in [-0.25, -0.2) is 9.78 Å². The normalized spacial score (nSPS) is 14.9. The summed E-state index contributed by atoms with van der Waals surface area (Å²) in [4.78, 5) is 32.3. The van der Waals surface area contributed by atoms with Gasteiger partial charge in [0.2, 0.25) is 0 Å². The van der Waals surface area contributed by atoms with Crippen molar-refractivity contribution in [1.82, 2.24) is 14.9 Å². The molecule has 0 saturated heterocycles. The topological polar surface area (TPSA) is 119 Å². The number of aromatic nitrogens is 2. The van der Waals surface area contributed by atoms with Crippen molar-refractivity contribution >= 4 is 28.6 Å². The summed E-state index contributed by atoms with van der Waals surface area (Å²) in [6.45, 7) is 1.50. The summed E-state index contributed by atoms with van der Waals surface area (Å²) in [6.07, 6.45) is -6.64. The molecule has 3 N–H and O–H groups in total. The third kappa shape index (κ3) is 6.74. The Kier molecular flexibility index (Phi) is 7.68. The number of carbonyl (C=O) groups is 2. The van der Waals surface area contributed by atoms with Gasteiger partial charge in [0.25, 0.3) is 5.91 Å². The van der Waals surface area contributed by atoms with E-state index in [-0.39, 0.29) is 12.5 Å². The smallest absolute Gasteiger partial charge is 0.475 e. The molecule has 1 amide bonds. The zero-order valence-corrected chi connectivity index (χ0v) is 20.1. The number of hydrogen-bond acceptors (Lipinski definition) is 6. The summed E-state index contributed by atoms with van der Waals surface area (Å²) >= 11 is 0. The largest absolute Gasteiger partial charge is 0.490 e. The number of halogens is 6. The maximum Gasteiger partial charge on any atom is 0.490 e. The third-order valence-corrected chi connectivity index (χ3v) is 6.19. The number of aliphatic carboxylic acids is 1. The first-order chi connectivity index (χ1) is 18.2. The second-order valence-corrected chi connectivity index (χ2v) is 9.15. The SMILES string of the molecule is Nc1nc2ccc(C(=O)N(Cc3ccc(C(F)(F)F)cn3)CC3CC3)cc2c2c1COC2.O=C(O)C(F)(F)F. The fourth-order valence-electron chi connectivity index (χ4n) is 4.00. The van der Waals surface area contributed by atoms with Crippen LogP contribution < -0.4 is 5.73 Å². The van der Waals surface area contributed by atoms with Gasteiger partial charge in [0.15, 0.2) is 0 Å². The Hall–Kier alpha value is -3.94. The van der Waals surface area contributed by atoms with E-state index in [0.29, 0.717) is 48.3 Å². The van der Waals surface area contributed by atoms with Crippen molar-refractivity contribution in [3.63, 3.8) is 0 Å². The van der Waals surface area contributed by atoms with Gasteiger partial charge >= 0.3 is 18.3 Å². The maximum atomic E-state index is 13.4. The number of pyridine rings is 2. The average molecular weight is 556 g/mol. The lowest BCUT2D eigenvalue weighted by Crippen LogP contribution is -2.32. The second kappa shape index (κ2) is 10.7. The van der Waals surface area contributed by atoms with Crippen molar-refractivity contribution in [2.24, 2.45) is 5.92 Å². The van der Waals surface area contributed by atoms with E-state index in [1.807, 2.05) is 0 Å². The predicted octanol–water partition coefficient (Wildman–Crippen LogP) is 4.95. The van der Waals surface area contributed by atoms with Crippen molar-refractivity contribution in [3.05, 3.63) is 64.5 Å². The fraction of sp³-hybridized carbons (Fsp3) is 0.360. The number of nitrogen functional groups attached to an aromatic ring is 1. The van der Waals surface area contributed by atoms with E-state index in [9.17, 15) is 31.1 Å². The highest BCUT2D eigenvalue weighted by Crippen LogP contribution is 2.34. The maximum absolute atomic E-state index is 13.4. The first kappa shape index (κ1) is 28.1. The van der Waals surface area contributed by atoms with Crippen LogP contribution in [0.4, 0.5) is 32.2 Å². The molecule has 0 radical (unpaired) electrons. The molecule has 2 aliphatic rings. The molecule has 5 rings (SSSR count). The highest BCUT2D eigenvalue weighted by molar-refractivity contribution is 5.99. The van der Waals surface area contributed by atoms with Gasteiger partial charge in [0, 0.05) is 29.3 Å². The zero-order chi connectivity index (χ0) is 28.5. The molecule has 8 nitrogen and oxygen atoms in total. The molecule has 0 bridgehead atoms. The first-order valence-electron chi connectivity index (χ1n) is 11.6. The molecule has 0 atom stereocenters. The number of amides is 1. The van der Waals surface area contributed by atoms with Crippen molar-refractivity contribution < 1.29 is 45.8 Å². The van der Waals surface area contributed by atoms with Crippen LogP contribution in [0.3, 0.4) is 0 Å². The lowest BCUT2D eigenvalue weighted by molar-refractivity contribution is -0.192. The number of nitrogens with two attached hydrogens (primary N) is 1. The van der Waals surface area contributed by atoms with Crippen molar-refractivity contribution in [1.29, 1.82) is 0 Å². The number of nitrogens with zero attached hydrogens (tertiary/aromatic N) is 3. The molecule has 3 heterocycles. The second-order valence-electron chi connectivity index (χ2n) is 9.15. The number of carboxylic acid groups (broad SMARTS) is 1. The lowest BCUT2D eigenvalue weighted by atomic mass is 10.0. The van der Waals surface area contributed by atoms with Crippen LogP contribution >= 0.6 is 0 Å². The molecule has 0 spiro atoms. The third-order valence-electron chi connectivity index (χ3n) is 6.19. The minimum Gasteiger partial charge on any atom is -0.475 e. The van der Waals surface area contributed by atoms with Gasteiger partial charge in [-0.3, -0.25) is 9.78 Å². The van der Waals surface area contributed by atoms with Gasteiger partial charge in [-0.1, -0.05) is 0 Å². The molecule has 14 heteroatoms. The Bertz CT molecular complexity index is 1390. The van der Waals surface area contributed by atoms with Gasteiger partial charge in [0.05, 0.1) is 36.5 Å². The van der Waals surface area contributed by atoms with Crippen LogP contribution in [0.5, 0.6) is 0 Å². The monoisotopic (exact) mass is 556 g/mol. The highest BCUT2D eigenvalue weighted by atomic mass is 19.4. The average Bonchev–Trinajstić information content (AvgIpc) is 3.53. The van der Waals surface area contributed by atoms with Gasteiger partial charge in [0.1, 0.15) is 5.82 Å². The number of rotatable bonds is 5. The minimum absolute atomic E-state index is 0.146. The lowest BCUT2D eigenvalue weighted by Gasteiger charge is -2.23. The van der Waals surface area contributed by atoms with Gasteiger partial charge in [-0.05, 0) is 54.7 Å². The van der Waals surface area contributed by atoms with Crippen LogP contribution in [-0.2, 0) is 35.5 Å². The molecular weight excluding hydrogens is 534 g/mol. The van der Waals surface area contributed by atoms with E-state index in [1.165, 1.54) is 6.07 Å². The van der Waals surface area contributed by atoms with Crippen LogP contribution in [0.2, 0.25) is 0 Å². The number of fused-ring (bicyclic) bond motifs is 3. The quantitative estimate of drug-likeness (QED) is 0.427. The molecule has 1 saturated carbocycles. The number of ether oxygens (including phenoxy) is 1. The number of hydrogen-bond donors (Lipinski definition) is 2. The van der Waals surface area contributed by atoms with Crippen LogP contribution in [0, 0.1) is 5.92 Å². The summed E-state index contributed by atoms with van der Waals surface area (Å²) < 4.78 is 75.8. The summed E-state index contributed by atoms with van der Waals surface area (Å²) in [6, 6.07) is 7.60. The Labute approximate surface area is 217 Å². The Morgan fingerprint density at radius 2 is 1.72 bits per heavy atom. The number of carbonyl (C=O) groups excluding carboxylic acids is 1.